The van der Waals surface area contributed by atoms with Crippen LogP contribution in [0.15, 0.2) is 42.5 Å². The first-order chi connectivity index (χ1) is 10.2. The van der Waals surface area contributed by atoms with Gasteiger partial charge in [-0.1, -0.05) is 19.1 Å². The minimum absolute atomic E-state index is 0.625. The predicted molar refractivity (Wildman–Crippen MR) is 87.5 cm³/mol. The monoisotopic (exact) mass is 286 g/mol. The van der Waals surface area contributed by atoms with Crippen LogP contribution in [0.2, 0.25) is 0 Å². The molecule has 0 aliphatic carbocycles. The molecular weight excluding hydrogens is 264 g/mol. The molecule has 0 bridgehead atoms. The first-order valence-corrected chi connectivity index (χ1v) is 7.25. The third kappa shape index (κ3) is 4.31. The van der Waals surface area contributed by atoms with Gasteiger partial charge in [-0.2, -0.15) is 0 Å². The molecule has 0 heterocycles. The van der Waals surface area contributed by atoms with Gasteiger partial charge in [-0.3, -0.25) is 0 Å². The zero-order chi connectivity index (χ0) is 15.1. The highest BCUT2D eigenvalue weighted by atomic mass is 16.5. The van der Waals surface area contributed by atoms with Crippen LogP contribution in [0.4, 0.5) is 17.1 Å². The highest BCUT2D eigenvalue weighted by Gasteiger charge is 2.05. The lowest BCUT2D eigenvalue weighted by atomic mass is 10.2. The van der Waals surface area contributed by atoms with Gasteiger partial charge in [0.05, 0.1) is 18.9 Å². The predicted octanol–water partition coefficient (Wildman–Crippen LogP) is 4.20. The van der Waals surface area contributed by atoms with Crippen LogP contribution in [0.5, 0.6) is 11.5 Å². The smallest absolute Gasteiger partial charge is 0.142 e. The minimum Gasteiger partial charge on any atom is -0.493 e. The van der Waals surface area contributed by atoms with E-state index in [9.17, 15) is 0 Å². The third-order valence-electron chi connectivity index (χ3n) is 2.87. The topological polar surface area (TPSA) is 56.5 Å². The van der Waals surface area contributed by atoms with Crippen LogP contribution in [0.1, 0.15) is 20.3 Å². The number of benzene rings is 2. The summed E-state index contributed by atoms with van der Waals surface area (Å²) in [6, 6.07) is 13.5. The van der Waals surface area contributed by atoms with Crippen LogP contribution in [0.3, 0.4) is 0 Å². The number of anilines is 3. The van der Waals surface area contributed by atoms with Crippen molar-refractivity contribution in [1.29, 1.82) is 0 Å². The first-order valence-electron chi connectivity index (χ1n) is 7.25. The maximum atomic E-state index is 5.93. The van der Waals surface area contributed by atoms with Gasteiger partial charge < -0.3 is 20.5 Å². The highest BCUT2D eigenvalue weighted by Crippen LogP contribution is 2.30. The summed E-state index contributed by atoms with van der Waals surface area (Å²) in [6.07, 6.45) is 0.963. The lowest BCUT2D eigenvalue weighted by Crippen LogP contribution is -2.00. The van der Waals surface area contributed by atoms with Crippen LogP contribution in [0.25, 0.3) is 0 Å². The Morgan fingerprint density at radius 1 is 1.05 bits per heavy atom. The van der Waals surface area contributed by atoms with Crippen molar-refractivity contribution in [2.45, 2.75) is 20.3 Å². The molecule has 4 heteroatoms. The van der Waals surface area contributed by atoms with Gasteiger partial charge in [0.1, 0.15) is 11.5 Å². The second kappa shape index (κ2) is 7.43. The second-order valence-corrected chi connectivity index (χ2v) is 4.69. The molecule has 2 aromatic carbocycles. The minimum atomic E-state index is 0.625. The lowest BCUT2D eigenvalue weighted by Gasteiger charge is -2.14. The van der Waals surface area contributed by atoms with Gasteiger partial charge in [0, 0.05) is 23.5 Å². The Labute approximate surface area is 125 Å². The van der Waals surface area contributed by atoms with Gasteiger partial charge in [0.15, 0.2) is 0 Å². The van der Waals surface area contributed by atoms with Crippen molar-refractivity contribution in [2.24, 2.45) is 0 Å². The van der Waals surface area contributed by atoms with Gasteiger partial charge in [0.25, 0.3) is 0 Å². The Bertz CT molecular complexity index is 585. The quantitative estimate of drug-likeness (QED) is 0.749. The molecule has 0 aliphatic rings. The maximum absolute atomic E-state index is 5.93. The van der Waals surface area contributed by atoms with E-state index in [-0.39, 0.29) is 0 Å². The standard InChI is InChI=1S/C17H22N2O2/c1-3-9-21-15-11-13(18)10-14(12-15)19-16-7-5-6-8-17(16)20-4-2/h5-8,10-12,19H,3-4,9,18H2,1-2H3. The van der Waals surface area contributed by atoms with E-state index in [4.69, 9.17) is 15.2 Å². The zero-order valence-corrected chi connectivity index (χ0v) is 12.6. The molecule has 0 unspecified atom stereocenters. The van der Waals surface area contributed by atoms with Crippen molar-refractivity contribution >= 4 is 17.1 Å². The van der Waals surface area contributed by atoms with Crippen LogP contribution >= 0.6 is 0 Å². The SMILES string of the molecule is CCCOc1cc(N)cc(Nc2ccccc2OCC)c1. The van der Waals surface area contributed by atoms with Gasteiger partial charge in [-0.15, -0.1) is 0 Å². The highest BCUT2D eigenvalue weighted by molar-refractivity contribution is 5.70. The molecule has 0 atom stereocenters. The Hall–Kier alpha value is -2.36. The number of rotatable bonds is 7. The fourth-order valence-corrected chi connectivity index (χ4v) is 2.00. The Morgan fingerprint density at radius 2 is 1.86 bits per heavy atom. The summed E-state index contributed by atoms with van der Waals surface area (Å²) in [5, 5.41) is 3.33. The molecule has 0 radical (unpaired) electrons. The van der Waals surface area contributed by atoms with E-state index in [0.29, 0.717) is 18.9 Å². The van der Waals surface area contributed by atoms with Crippen LogP contribution < -0.4 is 20.5 Å². The molecule has 0 spiro atoms. The molecule has 0 saturated carbocycles. The molecule has 4 nitrogen and oxygen atoms in total. The van der Waals surface area contributed by atoms with Crippen LogP contribution in [-0.4, -0.2) is 13.2 Å². The maximum Gasteiger partial charge on any atom is 0.142 e. The largest absolute Gasteiger partial charge is 0.493 e. The van der Waals surface area contributed by atoms with Gasteiger partial charge in [-0.25, -0.2) is 0 Å². The summed E-state index contributed by atoms with van der Waals surface area (Å²) in [7, 11) is 0. The number of para-hydroxylation sites is 2. The van der Waals surface area contributed by atoms with Crippen molar-refractivity contribution in [3.05, 3.63) is 42.5 Å². The Morgan fingerprint density at radius 3 is 2.62 bits per heavy atom. The molecule has 0 aromatic heterocycles. The van der Waals surface area contributed by atoms with Gasteiger partial charge in [-0.05, 0) is 31.5 Å². The van der Waals surface area contributed by atoms with E-state index in [1.165, 1.54) is 0 Å². The number of nitrogens with two attached hydrogens (primary N) is 1. The number of nitrogens with one attached hydrogen (secondary N) is 1. The summed E-state index contributed by atoms with van der Waals surface area (Å²) in [6.45, 7) is 5.34. The van der Waals surface area contributed by atoms with Crippen molar-refractivity contribution in [2.75, 3.05) is 24.3 Å². The van der Waals surface area contributed by atoms with Crippen LogP contribution in [-0.2, 0) is 0 Å². The number of hydrogen-bond acceptors (Lipinski definition) is 4. The molecule has 112 valence electrons. The zero-order valence-electron chi connectivity index (χ0n) is 12.6. The average molecular weight is 286 g/mol. The molecule has 0 amide bonds. The molecule has 3 N–H and O–H groups in total. The molecule has 21 heavy (non-hydrogen) atoms. The number of nitrogen functional groups attached to an aromatic ring is 1. The summed E-state index contributed by atoms with van der Waals surface area (Å²) >= 11 is 0. The van der Waals surface area contributed by atoms with Crippen molar-refractivity contribution in [3.8, 4) is 11.5 Å². The van der Waals surface area contributed by atoms with E-state index in [0.717, 1.165) is 29.3 Å². The summed E-state index contributed by atoms with van der Waals surface area (Å²) in [4.78, 5) is 0. The number of hydrogen-bond donors (Lipinski definition) is 2. The molecule has 0 saturated heterocycles. The van der Waals surface area contributed by atoms with E-state index < -0.39 is 0 Å². The summed E-state index contributed by atoms with van der Waals surface area (Å²) in [5.74, 6) is 1.59. The molecular formula is C17H22N2O2. The lowest BCUT2D eigenvalue weighted by molar-refractivity contribution is 0.318. The number of ether oxygens (including phenoxy) is 2. The Balaban J connectivity index is 2.21. The summed E-state index contributed by atoms with van der Waals surface area (Å²) < 4.78 is 11.3. The van der Waals surface area contributed by atoms with Crippen LogP contribution in [0, 0.1) is 0 Å². The third-order valence-corrected chi connectivity index (χ3v) is 2.87. The molecule has 2 rings (SSSR count). The van der Waals surface area contributed by atoms with Crippen molar-refractivity contribution in [1.82, 2.24) is 0 Å². The van der Waals surface area contributed by atoms with E-state index in [1.54, 1.807) is 0 Å². The van der Waals surface area contributed by atoms with Gasteiger partial charge >= 0.3 is 0 Å². The fourth-order valence-electron chi connectivity index (χ4n) is 2.00. The second-order valence-electron chi connectivity index (χ2n) is 4.69. The fraction of sp³-hybridized carbons (Fsp3) is 0.294. The van der Waals surface area contributed by atoms with E-state index in [2.05, 4.69) is 12.2 Å². The normalized spacial score (nSPS) is 10.2. The van der Waals surface area contributed by atoms with Crippen molar-refractivity contribution in [3.63, 3.8) is 0 Å². The van der Waals surface area contributed by atoms with Gasteiger partial charge in [0.2, 0.25) is 0 Å². The molecule has 2 aromatic rings. The molecule has 0 fully saturated rings. The average Bonchev–Trinajstić information content (AvgIpc) is 2.47. The van der Waals surface area contributed by atoms with Crippen molar-refractivity contribution < 1.29 is 9.47 Å². The first kappa shape index (κ1) is 15.0. The Kier molecular flexibility index (Phi) is 5.32. The van der Waals surface area contributed by atoms with E-state index in [1.807, 2.05) is 49.4 Å². The van der Waals surface area contributed by atoms with E-state index >= 15 is 0 Å². The molecule has 0 aliphatic heterocycles. The summed E-state index contributed by atoms with van der Waals surface area (Å²) in [5.41, 5.74) is 8.39.